The summed E-state index contributed by atoms with van der Waals surface area (Å²) in [7, 11) is 4.73. The maximum absolute atomic E-state index is 12.4. The molecule has 0 radical (unpaired) electrons. The molecule has 1 atom stereocenters. The molecule has 9 heteroatoms. The van der Waals surface area contributed by atoms with Gasteiger partial charge in [-0.25, -0.2) is 0 Å². The van der Waals surface area contributed by atoms with Gasteiger partial charge in [-0.2, -0.15) is 0 Å². The fourth-order valence-electron chi connectivity index (χ4n) is 2.64. The van der Waals surface area contributed by atoms with Crippen LogP contribution in [-0.2, 0) is 4.79 Å². The summed E-state index contributed by atoms with van der Waals surface area (Å²) < 4.78 is 16.8. The summed E-state index contributed by atoms with van der Waals surface area (Å²) in [5, 5.41) is 6.68. The number of benzene rings is 2. The van der Waals surface area contributed by atoms with Crippen molar-refractivity contribution in [1.82, 2.24) is 5.32 Å². The number of hydrogen-bond donors (Lipinski definition) is 2. The van der Waals surface area contributed by atoms with Crippen molar-refractivity contribution in [1.29, 1.82) is 0 Å². The molecule has 148 valence electrons. The highest BCUT2D eigenvalue weighted by Crippen LogP contribution is 2.38. The summed E-state index contributed by atoms with van der Waals surface area (Å²) in [6, 6.07) is 8.87. The number of methoxy groups -OCH3 is 3. The Morgan fingerprint density at radius 2 is 1.82 bits per heavy atom. The molecule has 1 aliphatic rings. The van der Waals surface area contributed by atoms with E-state index >= 15 is 0 Å². The van der Waals surface area contributed by atoms with Crippen LogP contribution in [0.1, 0.15) is 5.56 Å². The molecule has 1 aliphatic heterocycles. The second-order valence-corrected chi connectivity index (χ2v) is 8.14. The Morgan fingerprint density at radius 1 is 1.11 bits per heavy atom. The van der Waals surface area contributed by atoms with E-state index < -0.39 is 0 Å². The molecular formula is C19H18BrClN2O4S. The van der Waals surface area contributed by atoms with Crippen LogP contribution in [0, 0.1) is 0 Å². The fraction of sp³-hybridized carbons (Fsp3) is 0.211. The van der Waals surface area contributed by atoms with Crippen LogP contribution >= 0.6 is 39.3 Å². The lowest BCUT2D eigenvalue weighted by molar-refractivity contribution is -0.116. The molecule has 1 unspecified atom stereocenters. The van der Waals surface area contributed by atoms with Gasteiger partial charge in [-0.3, -0.25) is 4.79 Å². The first-order valence-corrected chi connectivity index (χ1v) is 10.2. The van der Waals surface area contributed by atoms with Crippen molar-refractivity contribution in [3.8, 4) is 17.2 Å². The SMILES string of the molecule is COc1cc(OC)c(/C=C2\SC(Nc3cc(Cl)ccc3OC)NC2=O)cc1Br. The Morgan fingerprint density at radius 3 is 2.50 bits per heavy atom. The van der Waals surface area contributed by atoms with Gasteiger partial charge in [-0.1, -0.05) is 23.4 Å². The van der Waals surface area contributed by atoms with E-state index in [1.165, 1.54) is 11.8 Å². The van der Waals surface area contributed by atoms with E-state index in [-0.39, 0.29) is 11.4 Å². The van der Waals surface area contributed by atoms with Gasteiger partial charge in [-0.15, -0.1) is 0 Å². The molecular weight excluding hydrogens is 468 g/mol. The third-order valence-electron chi connectivity index (χ3n) is 3.97. The Kier molecular flexibility index (Phi) is 6.64. The van der Waals surface area contributed by atoms with Crippen molar-refractivity contribution in [3.63, 3.8) is 0 Å². The molecule has 0 aromatic heterocycles. The third-order valence-corrected chi connectivity index (χ3v) is 5.85. The van der Waals surface area contributed by atoms with Gasteiger partial charge in [0.1, 0.15) is 17.2 Å². The van der Waals surface area contributed by atoms with Gasteiger partial charge in [-0.05, 0) is 46.3 Å². The number of hydrogen-bond acceptors (Lipinski definition) is 6. The topological polar surface area (TPSA) is 68.8 Å². The predicted octanol–water partition coefficient (Wildman–Crippen LogP) is 4.73. The standard InChI is InChI=1S/C19H18BrClN2O4S/c1-25-14-5-4-11(21)8-13(14)22-19-23-18(24)17(28-19)7-10-6-12(20)16(27-3)9-15(10)26-2/h4-9,19,22H,1-3H3,(H,23,24)/b17-7-. The van der Waals surface area contributed by atoms with E-state index in [4.69, 9.17) is 25.8 Å². The number of thioether (sulfide) groups is 1. The Hall–Kier alpha value is -2.03. The summed E-state index contributed by atoms with van der Waals surface area (Å²) >= 11 is 10.9. The molecule has 2 aromatic rings. The maximum atomic E-state index is 12.4. The molecule has 28 heavy (non-hydrogen) atoms. The molecule has 1 amide bonds. The van der Waals surface area contributed by atoms with Gasteiger partial charge in [0.05, 0.1) is 36.4 Å². The quantitative estimate of drug-likeness (QED) is 0.577. The molecule has 2 N–H and O–H groups in total. The first-order chi connectivity index (χ1) is 13.4. The van der Waals surface area contributed by atoms with E-state index in [1.54, 1.807) is 51.7 Å². The van der Waals surface area contributed by atoms with Crippen LogP contribution in [0.4, 0.5) is 5.69 Å². The van der Waals surface area contributed by atoms with Crippen LogP contribution < -0.4 is 24.8 Å². The molecule has 3 rings (SSSR count). The Bertz CT molecular complexity index is 938. The number of rotatable bonds is 6. The summed E-state index contributed by atoms with van der Waals surface area (Å²) in [6.07, 6.45) is 1.78. The molecule has 1 saturated heterocycles. The van der Waals surface area contributed by atoms with Crippen molar-refractivity contribution >= 4 is 57.0 Å². The lowest BCUT2D eigenvalue weighted by atomic mass is 10.1. The second-order valence-electron chi connectivity index (χ2n) is 5.70. The van der Waals surface area contributed by atoms with Crippen LogP contribution in [0.25, 0.3) is 6.08 Å². The van der Waals surface area contributed by atoms with Crippen molar-refractivity contribution in [2.45, 2.75) is 5.50 Å². The number of ether oxygens (including phenoxy) is 3. The zero-order valence-corrected chi connectivity index (χ0v) is 18.5. The molecule has 0 saturated carbocycles. The van der Waals surface area contributed by atoms with Crippen molar-refractivity contribution < 1.29 is 19.0 Å². The average Bonchev–Trinajstić information content (AvgIpc) is 3.01. The van der Waals surface area contributed by atoms with E-state index in [1.807, 2.05) is 6.07 Å². The molecule has 0 spiro atoms. The number of carbonyl (C=O) groups excluding carboxylic acids is 1. The summed E-state index contributed by atoms with van der Waals surface area (Å²) in [6.45, 7) is 0. The highest BCUT2D eigenvalue weighted by atomic mass is 79.9. The number of nitrogens with one attached hydrogen (secondary N) is 2. The fourth-order valence-corrected chi connectivity index (χ4v) is 4.30. The van der Waals surface area contributed by atoms with Crippen LogP contribution in [-0.4, -0.2) is 32.7 Å². The van der Waals surface area contributed by atoms with Crippen LogP contribution in [0.15, 0.2) is 39.7 Å². The number of halogens is 2. The summed E-state index contributed by atoms with van der Waals surface area (Å²) in [5.41, 5.74) is 1.09. The number of anilines is 1. The number of carbonyl (C=O) groups is 1. The zero-order valence-electron chi connectivity index (χ0n) is 15.3. The predicted molar refractivity (Wildman–Crippen MR) is 116 cm³/mol. The molecule has 0 aliphatic carbocycles. The minimum absolute atomic E-state index is 0.183. The highest BCUT2D eigenvalue weighted by molar-refractivity contribution is 9.10. The largest absolute Gasteiger partial charge is 0.496 e. The molecule has 1 fully saturated rings. The molecule has 2 aromatic carbocycles. The van der Waals surface area contributed by atoms with Gasteiger partial charge in [0.25, 0.3) is 5.91 Å². The Balaban J connectivity index is 1.84. The van der Waals surface area contributed by atoms with Crippen LogP contribution in [0.3, 0.4) is 0 Å². The molecule has 1 heterocycles. The monoisotopic (exact) mass is 484 g/mol. The van der Waals surface area contributed by atoms with Gasteiger partial charge in [0, 0.05) is 16.7 Å². The number of amides is 1. The van der Waals surface area contributed by atoms with Gasteiger partial charge in [0.2, 0.25) is 0 Å². The molecule has 0 bridgehead atoms. The van der Waals surface area contributed by atoms with Gasteiger partial charge < -0.3 is 24.8 Å². The van der Waals surface area contributed by atoms with Gasteiger partial charge >= 0.3 is 0 Å². The zero-order chi connectivity index (χ0) is 20.3. The van der Waals surface area contributed by atoms with Crippen molar-refractivity contribution in [2.75, 3.05) is 26.6 Å². The van der Waals surface area contributed by atoms with E-state index in [2.05, 4.69) is 26.6 Å². The van der Waals surface area contributed by atoms with Crippen molar-refractivity contribution in [2.24, 2.45) is 0 Å². The van der Waals surface area contributed by atoms with E-state index in [9.17, 15) is 4.79 Å². The first kappa shape index (κ1) is 20.7. The van der Waals surface area contributed by atoms with E-state index in [0.29, 0.717) is 32.9 Å². The maximum Gasteiger partial charge on any atom is 0.260 e. The summed E-state index contributed by atoms with van der Waals surface area (Å²) in [5.74, 6) is 1.71. The average molecular weight is 486 g/mol. The minimum atomic E-state index is -0.362. The Labute approximate surface area is 180 Å². The first-order valence-electron chi connectivity index (χ1n) is 8.16. The van der Waals surface area contributed by atoms with Gasteiger partial charge in [0.15, 0.2) is 5.50 Å². The normalized spacial score (nSPS) is 17.4. The summed E-state index contributed by atoms with van der Waals surface area (Å²) in [4.78, 5) is 13.0. The smallest absolute Gasteiger partial charge is 0.260 e. The van der Waals surface area contributed by atoms with Crippen LogP contribution in [0.2, 0.25) is 5.02 Å². The third kappa shape index (κ3) is 4.51. The highest BCUT2D eigenvalue weighted by Gasteiger charge is 2.28. The lowest BCUT2D eigenvalue weighted by Gasteiger charge is -2.15. The minimum Gasteiger partial charge on any atom is -0.496 e. The van der Waals surface area contributed by atoms with Crippen LogP contribution in [0.5, 0.6) is 17.2 Å². The second kappa shape index (κ2) is 8.98. The van der Waals surface area contributed by atoms with Crippen molar-refractivity contribution in [3.05, 3.63) is 50.3 Å². The van der Waals surface area contributed by atoms with E-state index in [0.717, 1.165) is 10.0 Å². The molecule has 6 nitrogen and oxygen atoms in total. The lowest BCUT2D eigenvalue weighted by Crippen LogP contribution is -2.31.